The number of urea groups is 1. The van der Waals surface area contributed by atoms with Crippen LogP contribution in [0.3, 0.4) is 0 Å². The SMILES string of the molecule is Cc1c(OCCCN2CCNC2=O)ccc(C(C)N2CCOCC2CC(C)(C)NC(=O)c2cccc(F)c2)c1C. The van der Waals surface area contributed by atoms with Gasteiger partial charge in [-0.2, -0.15) is 0 Å². The van der Waals surface area contributed by atoms with Crippen molar-refractivity contribution in [3.05, 3.63) is 64.5 Å². The molecule has 2 atom stereocenters. The van der Waals surface area contributed by atoms with Gasteiger partial charge in [0, 0.05) is 49.4 Å². The largest absolute Gasteiger partial charge is 0.493 e. The number of amides is 3. The topological polar surface area (TPSA) is 83.1 Å². The standard InChI is InChI=1S/C31H43FN4O4/c1-21-22(2)28(40-16-7-13-35-14-12-33-30(35)38)11-10-27(21)23(3)36-15-17-39-20-26(36)19-31(4,5)34-29(37)24-8-6-9-25(32)18-24/h6,8-11,18,23,26H,7,12-17,19-20H2,1-5H3,(H,33,38)(H,34,37). The number of hydrogen-bond donors (Lipinski definition) is 2. The first-order valence-corrected chi connectivity index (χ1v) is 14.2. The van der Waals surface area contributed by atoms with Gasteiger partial charge in [-0.1, -0.05) is 12.1 Å². The molecule has 0 aliphatic carbocycles. The lowest BCUT2D eigenvalue weighted by molar-refractivity contribution is -0.0363. The molecule has 0 radical (unpaired) electrons. The third-order valence-corrected chi connectivity index (χ3v) is 8.06. The van der Waals surface area contributed by atoms with E-state index in [1.165, 1.54) is 23.3 Å². The second kappa shape index (κ2) is 13.0. The van der Waals surface area contributed by atoms with Crippen LogP contribution in [0.1, 0.15) is 66.7 Å². The van der Waals surface area contributed by atoms with Gasteiger partial charge in [-0.3, -0.25) is 9.69 Å². The Hall–Kier alpha value is -3.17. The molecule has 2 fully saturated rings. The van der Waals surface area contributed by atoms with Crippen LogP contribution < -0.4 is 15.4 Å². The van der Waals surface area contributed by atoms with Crippen LogP contribution in [0, 0.1) is 19.7 Å². The minimum absolute atomic E-state index is 0.00383. The van der Waals surface area contributed by atoms with Crippen molar-refractivity contribution in [2.45, 2.75) is 65.1 Å². The molecule has 2 aromatic carbocycles. The van der Waals surface area contributed by atoms with Gasteiger partial charge in [0.05, 0.1) is 19.8 Å². The molecule has 40 heavy (non-hydrogen) atoms. The Bertz CT molecular complexity index is 1200. The summed E-state index contributed by atoms with van der Waals surface area (Å²) in [6.45, 7) is 15.2. The first kappa shape index (κ1) is 29.8. The Kier molecular flexibility index (Phi) is 9.68. The summed E-state index contributed by atoms with van der Waals surface area (Å²) >= 11 is 0. The number of carbonyl (C=O) groups excluding carboxylic acids is 2. The van der Waals surface area contributed by atoms with Crippen LogP contribution in [-0.2, 0) is 4.74 Å². The molecule has 2 aromatic rings. The summed E-state index contributed by atoms with van der Waals surface area (Å²) < 4.78 is 25.6. The number of rotatable bonds is 11. The molecule has 3 amide bonds. The maximum Gasteiger partial charge on any atom is 0.317 e. The summed E-state index contributed by atoms with van der Waals surface area (Å²) in [4.78, 5) is 28.8. The van der Waals surface area contributed by atoms with Crippen molar-refractivity contribution in [3.63, 3.8) is 0 Å². The van der Waals surface area contributed by atoms with Crippen LogP contribution in [0.5, 0.6) is 5.75 Å². The predicted molar refractivity (Wildman–Crippen MR) is 153 cm³/mol. The number of nitrogens with one attached hydrogen (secondary N) is 2. The first-order chi connectivity index (χ1) is 19.1. The van der Waals surface area contributed by atoms with Gasteiger partial charge in [0.1, 0.15) is 11.6 Å². The Labute approximate surface area is 237 Å². The highest BCUT2D eigenvalue weighted by atomic mass is 19.1. The highest BCUT2D eigenvalue weighted by molar-refractivity contribution is 5.94. The molecule has 218 valence electrons. The maximum absolute atomic E-state index is 13.6. The van der Waals surface area contributed by atoms with Gasteiger partial charge >= 0.3 is 6.03 Å². The lowest BCUT2D eigenvalue weighted by Crippen LogP contribution is -2.53. The summed E-state index contributed by atoms with van der Waals surface area (Å²) in [6, 6.07) is 10.2. The van der Waals surface area contributed by atoms with Crippen LogP contribution >= 0.6 is 0 Å². The van der Waals surface area contributed by atoms with E-state index in [9.17, 15) is 14.0 Å². The Balaban J connectivity index is 1.38. The molecular weight excluding hydrogens is 511 g/mol. The van der Waals surface area contributed by atoms with E-state index in [1.807, 2.05) is 18.7 Å². The lowest BCUT2D eigenvalue weighted by atomic mass is 9.90. The summed E-state index contributed by atoms with van der Waals surface area (Å²) in [5.41, 5.74) is 3.36. The fraction of sp³-hybridized carbons (Fsp3) is 0.548. The fourth-order valence-electron chi connectivity index (χ4n) is 5.77. The zero-order chi connectivity index (χ0) is 28.9. The molecule has 4 rings (SSSR count). The van der Waals surface area contributed by atoms with Crippen molar-refractivity contribution < 1.29 is 23.5 Å². The predicted octanol–water partition coefficient (Wildman–Crippen LogP) is 4.60. The van der Waals surface area contributed by atoms with E-state index in [-0.39, 0.29) is 24.0 Å². The third-order valence-electron chi connectivity index (χ3n) is 8.06. The zero-order valence-electron chi connectivity index (χ0n) is 24.4. The monoisotopic (exact) mass is 554 g/mol. The van der Waals surface area contributed by atoms with Gasteiger partial charge < -0.3 is 25.0 Å². The second-order valence-corrected chi connectivity index (χ2v) is 11.5. The van der Waals surface area contributed by atoms with E-state index in [0.29, 0.717) is 44.9 Å². The van der Waals surface area contributed by atoms with Crippen LogP contribution in [0.15, 0.2) is 36.4 Å². The Morgan fingerprint density at radius 2 is 2.02 bits per heavy atom. The van der Waals surface area contributed by atoms with E-state index in [0.717, 1.165) is 30.8 Å². The molecule has 9 heteroatoms. The van der Waals surface area contributed by atoms with Crippen molar-refractivity contribution >= 4 is 11.9 Å². The number of benzene rings is 2. The van der Waals surface area contributed by atoms with Crippen molar-refractivity contribution in [1.82, 2.24) is 20.4 Å². The molecule has 2 unspecified atom stereocenters. The van der Waals surface area contributed by atoms with E-state index in [2.05, 4.69) is 48.4 Å². The van der Waals surface area contributed by atoms with Crippen molar-refractivity contribution in [1.29, 1.82) is 0 Å². The Morgan fingerprint density at radius 1 is 1.23 bits per heavy atom. The van der Waals surface area contributed by atoms with Crippen LogP contribution in [0.4, 0.5) is 9.18 Å². The van der Waals surface area contributed by atoms with E-state index in [1.54, 1.807) is 12.1 Å². The van der Waals surface area contributed by atoms with E-state index < -0.39 is 11.4 Å². The van der Waals surface area contributed by atoms with Crippen LogP contribution in [0.2, 0.25) is 0 Å². The zero-order valence-corrected chi connectivity index (χ0v) is 24.4. The average molecular weight is 555 g/mol. The number of ether oxygens (including phenoxy) is 2. The normalized spacial score (nSPS) is 18.9. The fourth-order valence-corrected chi connectivity index (χ4v) is 5.77. The summed E-state index contributed by atoms with van der Waals surface area (Å²) in [5, 5.41) is 5.91. The quantitative estimate of drug-likeness (QED) is 0.397. The summed E-state index contributed by atoms with van der Waals surface area (Å²) in [6.07, 6.45) is 1.47. The molecule has 0 saturated carbocycles. The molecule has 2 aliphatic heterocycles. The van der Waals surface area contributed by atoms with Gasteiger partial charge in [0.25, 0.3) is 5.91 Å². The first-order valence-electron chi connectivity index (χ1n) is 14.2. The van der Waals surface area contributed by atoms with E-state index >= 15 is 0 Å². The third kappa shape index (κ3) is 7.31. The molecule has 0 bridgehead atoms. The number of hydrogen-bond acceptors (Lipinski definition) is 5. The molecule has 8 nitrogen and oxygen atoms in total. The van der Waals surface area contributed by atoms with E-state index in [4.69, 9.17) is 9.47 Å². The van der Waals surface area contributed by atoms with Gasteiger partial charge in [-0.25, -0.2) is 9.18 Å². The molecule has 0 spiro atoms. The molecule has 2 heterocycles. The molecule has 2 N–H and O–H groups in total. The molecule has 2 aliphatic rings. The highest BCUT2D eigenvalue weighted by Gasteiger charge is 2.34. The number of carbonyl (C=O) groups is 2. The summed E-state index contributed by atoms with van der Waals surface area (Å²) in [5.74, 6) is 0.162. The van der Waals surface area contributed by atoms with Crippen molar-refractivity contribution in [3.8, 4) is 5.75 Å². The van der Waals surface area contributed by atoms with Gasteiger partial charge in [0.2, 0.25) is 0 Å². The minimum atomic E-state index is -0.523. The van der Waals surface area contributed by atoms with Crippen molar-refractivity contribution in [2.24, 2.45) is 0 Å². The second-order valence-electron chi connectivity index (χ2n) is 11.5. The molecule has 0 aromatic heterocycles. The van der Waals surface area contributed by atoms with Gasteiger partial charge in [-0.05, 0) is 88.4 Å². The smallest absolute Gasteiger partial charge is 0.317 e. The lowest BCUT2D eigenvalue weighted by Gasteiger charge is -2.43. The summed E-state index contributed by atoms with van der Waals surface area (Å²) in [7, 11) is 0. The maximum atomic E-state index is 13.6. The Morgan fingerprint density at radius 3 is 2.75 bits per heavy atom. The molecule has 2 saturated heterocycles. The van der Waals surface area contributed by atoms with Gasteiger partial charge in [0.15, 0.2) is 0 Å². The van der Waals surface area contributed by atoms with Crippen LogP contribution in [-0.4, -0.2) is 79.3 Å². The minimum Gasteiger partial charge on any atom is -0.493 e. The molecular formula is C31H43FN4O4. The van der Waals surface area contributed by atoms with Gasteiger partial charge in [-0.15, -0.1) is 0 Å². The number of halogens is 1. The highest BCUT2D eigenvalue weighted by Crippen LogP contribution is 2.34. The van der Waals surface area contributed by atoms with Crippen molar-refractivity contribution in [2.75, 3.05) is 46.0 Å². The average Bonchev–Trinajstić information content (AvgIpc) is 3.32. The number of morpholine rings is 1. The number of nitrogens with zero attached hydrogens (tertiary/aromatic N) is 2. The van der Waals surface area contributed by atoms with Crippen LogP contribution in [0.25, 0.3) is 0 Å².